The number of carbonyl (C=O) groups excluding carboxylic acids is 1. The maximum absolute atomic E-state index is 13.1. The van der Waals surface area contributed by atoms with Crippen LogP contribution in [0.2, 0.25) is 0 Å². The minimum Gasteiger partial charge on any atom is -0.465 e. The molecule has 0 amide bonds. The second kappa shape index (κ2) is 9.41. The van der Waals surface area contributed by atoms with Crippen molar-refractivity contribution < 1.29 is 22.7 Å². The van der Waals surface area contributed by atoms with Gasteiger partial charge in [-0.05, 0) is 35.7 Å². The van der Waals surface area contributed by atoms with E-state index >= 15 is 0 Å². The Bertz CT molecular complexity index is 831. The summed E-state index contributed by atoms with van der Waals surface area (Å²) >= 11 is 0. The van der Waals surface area contributed by atoms with Crippen LogP contribution in [0.15, 0.2) is 48.5 Å². The van der Waals surface area contributed by atoms with Gasteiger partial charge in [0.15, 0.2) is 0 Å². The monoisotopic (exact) mass is 406 g/mol. The van der Waals surface area contributed by atoms with Crippen LogP contribution in [0.25, 0.3) is 0 Å². The quantitative estimate of drug-likeness (QED) is 0.683. The molecule has 0 N–H and O–H groups in total. The van der Waals surface area contributed by atoms with Crippen molar-refractivity contribution in [1.82, 2.24) is 9.80 Å². The van der Waals surface area contributed by atoms with Crippen LogP contribution in [-0.4, -0.2) is 55.6 Å². The van der Waals surface area contributed by atoms with Gasteiger partial charge in [-0.3, -0.25) is 4.90 Å². The summed E-state index contributed by atoms with van der Waals surface area (Å²) in [4.78, 5) is 16.2. The summed E-state index contributed by atoms with van der Waals surface area (Å²) in [6.45, 7) is 4.64. The number of halogens is 3. The minimum atomic E-state index is -4.31. The highest BCUT2D eigenvalue weighted by molar-refractivity contribution is 5.89. The fraction of sp³-hybridized carbons (Fsp3) is 0.409. The molecule has 2 aromatic carbocycles. The molecule has 0 aliphatic carbocycles. The van der Waals surface area contributed by atoms with Crippen molar-refractivity contribution >= 4 is 5.97 Å². The molecular formula is C22H25F3N2O2. The van der Waals surface area contributed by atoms with Gasteiger partial charge in [-0.1, -0.05) is 30.3 Å². The topological polar surface area (TPSA) is 32.8 Å². The number of ether oxygens (including phenoxy) is 1. The molecule has 0 radical (unpaired) electrons. The highest BCUT2D eigenvalue weighted by Crippen LogP contribution is 2.32. The number of hydrogen-bond donors (Lipinski definition) is 0. The molecule has 0 saturated carbocycles. The Morgan fingerprint density at radius 2 is 1.69 bits per heavy atom. The van der Waals surface area contributed by atoms with Crippen LogP contribution in [0.3, 0.4) is 0 Å². The summed E-state index contributed by atoms with van der Waals surface area (Å²) in [6.07, 6.45) is -3.93. The van der Waals surface area contributed by atoms with E-state index in [4.69, 9.17) is 4.74 Å². The summed E-state index contributed by atoms with van der Waals surface area (Å²) in [5.41, 5.74) is 1.39. The fourth-order valence-electron chi connectivity index (χ4n) is 3.64. The summed E-state index contributed by atoms with van der Waals surface area (Å²) < 4.78 is 44.1. The molecule has 3 rings (SSSR count). The van der Waals surface area contributed by atoms with E-state index in [0.717, 1.165) is 44.4 Å². The first-order valence-electron chi connectivity index (χ1n) is 9.64. The van der Waals surface area contributed by atoms with Gasteiger partial charge in [0, 0.05) is 39.3 Å². The van der Waals surface area contributed by atoms with Crippen LogP contribution in [0.1, 0.15) is 27.0 Å². The summed E-state index contributed by atoms with van der Waals surface area (Å²) in [5, 5.41) is 0. The van der Waals surface area contributed by atoms with Crippen molar-refractivity contribution in [2.75, 3.05) is 39.8 Å². The SMILES string of the molecule is COC(=O)c1cccc(CN2CCN(CCc3ccccc3C(F)(F)F)CC2)c1. The molecule has 0 spiro atoms. The zero-order valence-electron chi connectivity index (χ0n) is 16.4. The van der Waals surface area contributed by atoms with Gasteiger partial charge in [-0.15, -0.1) is 0 Å². The second-order valence-corrected chi connectivity index (χ2v) is 7.21. The maximum Gasteiger partial charge on any atom is 0.416 e. The Morgan fingerprint density at radius 3 is 2.38 bits per heavy atom. The van der Waals surface area contributed by atoms with Gasteiger partial charge in [0.1, 0.15) is 0 Å². The van der Waals surface area contributed by atoms with Gasteiger partial charge < -0.3 is 9.64 Å². The zero-order chi connectivity index (χ0) is 20.9. The number of methoxy groups -OCH3 is 1. The normalized spacial score (nSPS) is 16.0. The third kappa shape index (κ3) is 5.81. The first-order chi connectivity index (χ1) is 13.9. The van der Waals surface area contributed by atoms with Crippen molar-refractivity contribution in [1.29, 1.82) is 0 Å². The summed E-state index contributed by atoms with van der Waals surface area (Å²) in [5.74, 6) is -0.351. The van der Waals surface area contributed by atoms with Gasteiger partial charge in [-0.2, -0.15) is 13.2 Å². The second-order valence-electron chi connectivity index (χ2n) is 7.21. The Labute approximate surface area is 168 Å². The number of rotatable bonds is 6. The van der Waals surface area contributed by atoms with Gasteiger partial charge in [0.25, 0.3) is 0 Å². The molecule has 0 aromatic heterocycles. The van der Waals surface area contributed by atoms with Gasteiger partial charge in [-0.25, -0.2) is 4.79 Å². The van der Waals surface area contributed by atoms with Gasteiger partial charge >= 0.3 is 12.1 Å². The summed E-state index contributed by atoms with van der Waals surface area (Å²) in [6, 6.07) is 13.2. The Hall–Kier alpha value is -2.38. The Balaban J connectivity index is 1.50. The lowest BCUT2D eigenvalue weighted by molar-refractivity contribution is -0.138. The van der Waals surface area contributed by atoms with E-state index in [1.807, 2.05) is 18.2 Å². The molecule has 0 bridgehead atoms. The van der Waals surface area contributed by atoms with Crippen LogP contribution in [0.5, 0.6) is 0 Å². The van der Waals surface area contributed by atoms with E-state index < -0.39 is 11.7 Å². The number of alkyl halides is 3. The molecule has 1 fully saturated rings. The highest BCUT2D eigenvalue weighted by atomic mass is 19.4. The minimum absolute atomic E-state index is 0.349. The van der Waals surface area contributed by atoms with E-state index in [2.05, 4.69) is 9.80 Å². The fourth-order valence-corrected chi connectivity index (χ4v) is 3.64. The molecule has 1 saturated heterocycles. The molecule has 1 aliphatic heterocycles. The Morgan fingerprint density at radius 1 is 1.00 bits per heavy atom. The van der Waals surface area contributed by atoms with Crippen molar-refractivity contribution in [2.45, 2.75) is 19.1 Å². The first kappa shape index (κ1) is 21.3. The number of benzene rings is 2. The average Bonchev–Trinajstić information content (AvgIpc) is 2.72. The van der Waals surface area contributed by atoms with Crippen molar-refractivity contribution in [2.24, 2.45) is 0 Å². The van der Waals surface area contributed by atoms with Crippen molar-refractivity contribution in [3.05, 3.63) is 70.8 Å². The largest absolute Gasteiger partial charge is 0.465 e. The molecular weight excluding hydrogens is 381 g/mol. The lowest BCUT2D eigenvalue weighted by Gasteiger charge is -2.35. The lowest BCUT2D eigenvalue weighted by atomic mass is 10.0. The standard InChI is InChI=1S/C22H25F3N2O2/c1-29-21(28)19-7-4-5-17(15-19)16-27-13-11-26(12-14-27)10-9-18-6-2-3-8-20(18)22(23,24)25/h2-8,15H,9-14,16H2,1H3. The van der Waals surface area contributed by atoms with E-state index in [1.165, 1.54) is 13.2 Å². The van der Waals surface area contributed by atoms with Crippen LogP contribution < -0.4 is 0 Å². The smallest absolute Gasteiger partial charge is 0.416 e. The molecule has 1 heterocycles. The molecule has 0 atom stereocenters. The van der Waals surface area contributed by atoms with E-state index in [-0.39, 0.29) is 5.97 Å². The summed E-state index contributed by atoms with van der Waals surface area (Å²) in [7, 11) is 1.36. The number of nitrogens with zero attached hydrogens (tertiary/aromatic N) is 2. The molecule has 2 aromatic rings. The molecule has 0 unspecified atom stereocenters. The molecule has 29 heavy (non-hydrogen) atoms. The number of hydrogen-bond acceptors (Lipinski definition) is 4. The third-order valence-electron chi connectivity index (χ3n) is 5.24. The van der Waals surface area contributed by atoms with E-state index in [1.54, 1.807) is 18.2 Å². The Kier molecular flexibility index (Phi) is 6.92. The zero-order valence-corrected chi connectivity index (χ0v) is 16.4. The van der Waals surface area contributed by atoms with E-state index in [9.17, 15) is 18.0 Å². The molecule has 7 heteroatoms. The van der Waals surface area contributed by atoms with Crippen LogP contribution >= 0.6 is 0 Å². The maximum atomic E-state index is 13.1. The number of esters is 1. The molecule has 1 aliphatic rings. The lowest BCUT2D eigenvalue weighted by Crippen LogP contribution is -2.46. The van der Waals surface area contributed by atoms with Crippen LogP contribution in [-0.2, 0) is 23.9 Å². The van der Waals surface area contributed by atoms with Crippen molar-refractivity contribution in [3.63, 3.8) is 0 Å². The van der Waals surface area contributed by atoms with Crippen molar-refractivity contribution in [3.8, 4) is 0 Å². The molecule has 4 nitrogen and oxygen atoms in total. The third-order valence-corrected chi connectivity index (χ3v) is 5.24. The predicted octanol–water partition coefficient (Wildman–Crippen LogP) is 3.85. The first-order valence-corrected chi connectivity index (χ1v) is 9.64. The van der Waals surface area contributed by atoms with Gasteiger partial charge in [0.2, 0.25) is 0 Å². The van der Waals surface area contributed by atoms with E-state index in [0.29, 0.717) is 24.1 Å². The predicted molar refractivity (Wildman–Crippen MR) is 105 cm³/mol. The van der Waals surface area contributed by atoms with Gasteiger partial charge in [0.05, 0.1) is 18.2 Å². The van der Waals surface area contributed by atoms with Crippen LogP contribution in [0.4, 0.5) is 13.2 Å². The highest BCUT2D eigenvalue weighted by Gasteiger charge is 2.32. The average molecular weight is 406 g/mol. The molecule has 156 valence electrons. The number of piperazine rings is 1. The number of carbonyl (C=O) groups is 1. The van der Waals surface area contributed by atoms with Crippen LogP contribution in [0, 0.1) is 0 Å².